The molecule has 3 aliphatic rings. The van der Waals surface area contributed by atoms with Crippen molar-refractivity contribution in [1.29, 1.82) is 0 Å². The Morgan fingerprint density at radius 2 is 1.45 bits per heavy atom. The van der Waals surface area contributed by atoms with Gasteiger partial charge < -0.3 is 14.2 Å². The summed E-state index contributed by atoms with van der Waals surface area (Å²) < 4.78 is 17.6. The minimum Gasteiger partial charge on any atom is -0.491 e. The van der Waals surface area contributed by atoms with Crippen LogP contribution in [0.25, 0.3) is 0 Å². The van der Waals surface area contributed by atoms with E-state index in [0.717, 1.165) is 27.9 Å². The van der Waals surface area contributed by atoms with Crippen LogP contribution in [0.3, 0.4) is 0 Å². The molecular formula is C31H24Cl2NO4+. The highest BCUT2D eigenvalue weighted by molar-refractivity contribution is 6.34. The normalized spacial score (nSPS) is 22.4. The number of carbonyl (C=O) groups excluding carboxylic acids is 1. The van der Waals surface area contributed by atoms with Crippen LogP contribution in [0.2, 0.25) is 10.0 Å². The third-order valence-electron chi connectivity index (χ3n) is 7.91. The highest BCUT2D eigenvalue weighted by atomic mass is 35.5. The van der Waals surface area contributed by atoms with E-state index in [9.17, 15) is 0 Å². The first-order valence-electron chi connectivity index (χ1n) is 12.5. The largest absolute Gasteiger partial charge is 0.491 e. The predicted octanol–water partition coefficient (Wildman–Crippen LogP) is 6.96. The van der Waals surface area contributed by atoms with Crippen molar-refractivity contribution in [3.05, 3.63) is 117 Å². The van der Waals surface area contributed by atoms with Crippen LogP contribution < -0.4 is 18.7 Å². The van der Waals surface area contributed by atoms with Crippen LogP contribution in [0, 0.1) is 6.92 Å². The molecule has 0 radical (unpaired) electrons. The Labute approximate surface area is 230 Å². The summed E-state index contributed by atoms with van der Waals surface area (Å²) in [7, 11) is 0. The summed E-state index contributed by atoms with van der Waals surface area (Å²) in [5, 5.41) is 1.08. The molecule has 0 aromatic heterocycles. The van der Waals surface area contributed by atoms with E-state index in [1.54, 1.807) is 6.07 Å². The van der Waals surface area contributed by atoms with Gasteiger partial charge in [0.05, 0.1) is 0 Å². The molecule has 3 heterocycles. The van der Waals surface area contributed by atoms with E-state index < -0.39 is 5.41 Å². The van der Waals surface area contributed by atoms with E-state index in [1.165, 1.54) is 5.56 Å². The maximum Gasteiger partial charge on any atom is 0.338 e. The van der Waals surface area contributed by atoms with Crippen LogP contribution in [0.1, 0.15) is 27.8 Å². The standard InChI is InChI=1S/C31H24Cl2NO4/c1-19-6-8-20(9-7-19)15-34(16-21-10-22(32)12-23(33)11-21)26-5-3-2-4-24(26)31(30(34)35)17-36-27-14-29-28(13-25(27)31)37-18-38-29/h2-14H,15-18H2,1H3/q+1. The Kier molecular flexibility index (Phi) is 5.28. The Balaban J connectivity index is 1.46. The molecule has 2 unspecified atom stereocenters. The number of quaternary nitrogens is 1. The topological polar surface area (TPSA) is 44.8 Å². The highest BCUT2D eigenvalue weighted by Crippen LogP contribution is 2.58. The number of halogens is 2. The highest BCUT2D eigenvalue weighted by Gasteiger charge is 2.66. The first-order chi connectivity index (χ1) is 18.4. The lowest BCUT2D eigenvalue weighted by atomic mass is 9.77. The van der Waals surface area contributed by atoms with Gasteiger partial charge in [-0.3, -0.25) is 0 Å². The summed E-state index contributed by atoms with van der Waals surface area (Å²) in [6.45, 7) is 3.29. The Bertz CT molecular complexity index is 1600. The van der Waals surface area contributed by atoms with E-state index in [0.29, 0.717) is 40.4 Å². The van der Waals surface area contributed by atoms with Gasteiger partial charge in [-0.15, -0.1) is 0 Å². The number of aryl methyl sites for hydroxylation is 1. The minimum atomic E-state index is -0.986. The van der Waals surface area contributed by atoms with Crippen molar-refractivity contribution in [3.8, 4) is 17.2 Å². The van der Waals surface area contributed by atoms with Gasteiger partial charge in [-0.1, -0.05) is 71.2 Å². The second kappa shape index (κ2) is 8.50. The maximum absolute atomic E-state index is 15.2. The van der Waals surface area contributed by atoms with Gasteiger partial charge in [0.15, 0.2) is 16.9 Å². The Morgan fingerprint density at radius 1 is 0.763 bits per heavy atom. The van der Waals surface area contributed by atoms with Crippen molar-refractivity contribution in [2.45, 2.75) is 25.4 Å². The van der Waals surface area contributed by atoms with Gasteiger partial charge in [0.25, 0.3) is 0 Å². The lowest BCUT2D eigenvalue weighted by Gasteiger charge is -2.34. The molecule has 1 amide bonds. The third-order valence-corrected chi connectivity index (χ3v) is 8.34. The molecule has 7 heteroatoms. The molecule has 5 nitrogen and oxygen atoms in total. The van der Waals surface area contributed by atoms with Gasteiger partial charge in [0.2, 0.25) is 6.79 Å². The van der Waals surface area contributed by atoms with Crippen molar-refractivity contribution < 1.29 is 19.0 Å². The van der Waals surface area contributed by atoms with Crippen molar-refractivity contribution in [2.75, 3.05) is 13.4 Å². The van der Waals surface area contributed by atoms with E-state index in [2.05, 4.69) is 43.3 Å². The number of ether oxygens (including phenoxy) is 3. The van der Waals surface area contributed by atoms with Gasteiger partial charge >= 0.3 is 5.91 Å². The zero-order valence-electron chi connectivity index (χ0n) is 20.7. The molecule has 0 fully saturated rings. The van der Waals surface area contributed by atoms with Gasteiger partial charge in [0, 0.05) is 38.4 Å². The lowest BCUT2D eigenvalue weighted by Crippen LogP contribution is -2.56. The van der Waals surface area contributed by atoms with Crippen molar-refractivity contribution in [2.24, 2.45) is 0 Å². The third kappa shape index (κ3) is 3.39. The van der Waals surface area contributed by atoms with E-state index >= 15 is 4.79 Å². The number of fused-ring (bicyclic) bond motifs is 5. The number of hydrogen-bond donors (Lipinski definition) is 0. The average molecular weight is 545 g/mol. The number of rotatable bonds is 4. The summed E-state index contributed by atoms with van der Waals surface area (Å²) in [4.78, 5) is 15.2. The van der Waals surface area contributed by atoms with Crippen LogP contribution >= 0.6 is 23.2 Å². The Morgan fingerprint density at radius 3 is 2.21 bits per heavy atom. The number of hydrogen-bond acceptors (Lipinski definition) is 4. The summed E-state index contributed by atoms with van der Waals surface area (Å²) in [5.41, 5.74) is 4.84. The van der Waals surface area contributed by atoms with Gasteiger partial charge in [0.1, 0.15) is 31.1 Å². The number of benzene rings is 4. The van der Waals surface area contributed by atoms with Gasteiger partial charge in [-0.25, -0.2) is 9.28 Å². The second-order valence-electron chi connectivity index (χ2n) is 10.3. The predicted molar refractivity (Wildman–Crippen MR) is 147 cm³/mol. The molecule has 0 bridgehead atoms. The number of amides is 1. The van der Waals surface area contributed by atoms with Crippen LogP contribution in [-0.4, -0.2) is 19.3 Å². The maximum atomic E-state index is 15.2. The molecule has 1 spiro atoms. The first-order valence-corrected chi connectivity index (χ1v) is 13.2. The summed E-state index contributed by atoms with van der Waals surface area (Å²) in [6.07, 6.45) is 0. The van der Waals surface area contributed by atoms with Crippen molar-refractivity contribution >= 4 is 34.8 Å². The molecule has 3 aliphatic heterocycles. The molecule has 2 atom stereocenters. The zero-order valence-corrected chi connectivity index (χ0v) is 22.2. The fourth-order valence-electron chi connectivity index (χ4n) is 6.23. The molecule has 0 N–H and O–H groups in total. The first kappa shape index (κ1) is 23.6. The lowest BCUT2D eigenvalue weighted by molar-refractivity contribution is -0.134. The van der Waals surface area contributed by atoms with Crippen LogP contribution in [0.4, 0.5) is 5.69 Å². The van der Waals surface area contributed by atoms with E-state index in [1.807, 2.05) is 36.4 Å². The second-order valence-corrected chi connectivity index (χ2v) is 11.1. The molecule has 0 saturated heterocycles. The summed E-state index contributed by atoms with van der Waals surface area (Å²) >= 11 is 12.8. The molecule has 0 saturated carbocycles. The molecule has 38 heavy (non-hydrogen) atoms. The fraction of sp³-hybridized carbons (Fsp3) is 0.194. The van der Waals surface area contributed by atoms with Gasteiger partial charge in [-0.2, -0.15) is 0 Å². The van der Waals surface area contributed by atoms with Crippen LogP contribution in [0.15, 0.2) is 78.9 Å². The molecule has 7 rings (SSSR count). The average Bonchev–Trinajstić information content (AvgIpc) is 3.56. The van der Waals surface area contributed by atoms with Crippen LogP contribution in [0.5, 0.6) is 17.2 Å². The number of carbonyl (C=O) groups is 1. The number of para-hydroxylation sites is 1. The number of nitrogens with zero attached hydrogens (tertiary/aromatic N) is 1. The quantitative estimate of drug-likeness (QED) is 0.260. The SMILES string of the molecule is Cc1ccc(C[N+]2(Cc3cc(Cl)cc(Cl)c3)C(=O)C3(COc4cc5c(cc43)OCO5)c3ccccc32)cc1. The van der Waals surface area contributed by atoms with Crippen molar-refractivity contribution in [3.63, 3.8) is 0 Å². The van der Waals surface area contributed by atoms with Crippen LogP contribution in [-0.2, 0) is 23.3 Å². The summed E-state index contributed by atoms with van der Waals surface area (Å²) in [6, 6.07) is 25.7. The van der Waals surface area contributed by atoms with E-state index in [-0.39, 0.29) is 23.8 Å². The smallest absolute Gasteiger partial charge is 0.338 e. The summed E-state index contributed by atoms with van der Waals surface area (Å²) in [5.74, 6) is 1.96. The van der Waals surface area contributed by atoms with Gasteiger partial charge in [-0.05, 0) is 37.3 Å². The zero-order chi connectivity index (χ0) is 26.1. The molecule has 190 valence electrons. The molecule has 0 aliphatic carbocycles. The fourth-order valence-corrected chi connectivity index (χ4v) is 6.80. The Hall–Kier alpha value is -3.51. The van der Waals surface area contributed by atoms with E-state index in [4.69, 9.17) is 37.4 Å². The molecular weight excluding hydrogens is 521 g/mol. The molecule has 4 aromatic rings. The monoisotopic (exact) mass is 544 g/mol. The molecule has 4 aromatic carbocycles. The van der Waals surface area contributed by atoms with Crippen molar-refractivity contribution in [1.82, 2.24) is 4.48 Å². The minimum absolute atomic E-state index is 0.0491.